The van der Waals surface area contributed by atoms with E-state index in [1.54, 1.807) is 0 Å². The lowest BCUT2D eigenvalue weighted by atomic mass is 10.3. The normalized spacial score (nSPS) is 26.3. The first-order chi connectivity index (χ1) is 7.27. The van der Waals surface area contributed by atoms with E-state index in [0.717, 1.165) is 45.1 Å². The molecule has 2 fully saturated rings. The Balaban J connectivity index is 1.51. The minimum atomic E-state index is -0.252. The molecule has 2 rings (SSSR count). The predicted octanol–water partition coefficient (Wildman–Crippen LogP) is 0.363. The van der Waals surface area contributed by atoms with Gasteiger partial charge in [-0.3, -0.25) is 4.79 Å². The summed E-state index contributed by atoms with van der Waals surface area (Å²) in [5.41, 5.74) is 5.62. The summed E-state index contributed by atoms with van der Waals surface area (Å²) in [6.07, 6.45) is 4.41. The van der Waals surface area contributed by atoms with Gasteiger partial charge in [0.1, 0.15) is 0 Å². The molecule has 0 radical (unpaired) electrons. The predicted molar refractivity (Wildman–Crippen MR) is 57.3 cm³/mol. The third-order valence-corrected chi connectivity index (χ3v) is 3.11. The second-order valence-electron chi connectivity index (χ2n) is 4.59. The van der Waals surface area contributed by atoms with E-state index in [4.69, 9.17) is 10.5 Å². The van der Waals surface area contributed by atoms with Crippen LogP contribution in [0.15, 0.2) is 0 Å². The molecule has 15 heavy (non-hydrogen) atoms. The molecule has 2 N–H and O–H groups in total. The van der Waals surface area contributed by atoms with Crippen molar-refractivity contribution >= 4 is 5.91 Å². The van der Waals surface area contributed by atoms with Crippen LogP contribution in [0.5, 0.6) is 0 Å². The summed E-state index contributed by atoms with van der Waals surface area (Å²) in [4.78, 5) is 13.3. The van der Waals surface area contributed by atoms with Crippen molar-refractivity contribution in [1.82, 2.24) is 4.90 Å². The van der Waals surface area contributed by atoms with Gasteiger partial charge in [-0.05, 0) is 31.6 Å². The van der Waals surface area contributed by atoms with Crippen molar-refractivity contribution in [2.24, 2.45) is 11.7 Å². The van der Waals surface area contributed by atoms with Crippen LogP contribution in [0.3, 0.4) is 0 Å². The van der Waals surface area contributed by atoms with Crippen molar-refractivity contribution in [3.05, 3.63) is 0 Å². The van der Waals surface area contributed by atoms with Gasteiger partial charge in [-0.2, -0.15) is 0 Å². The van der Waals surface area contributed by atoms with Crippen LogP contribution in [0.1, 0.15) is 25.7 Å². The molecular weight excluding hydrogens is 192 g/mol. The smallest absolute Gasteiger partial charge is 0.239 e. The zero-order valence-corrected chi connectivity index (χ0v) is 9.15. The van der Waals surface area contributed by atoms with Crippen LogP contribution in [0.2, 0.25) is 0 Å². The Bertz CT molecular complexity index is 229. The van der Waals surface area contributed by atoms with E-state index in [1.807, 2.05) is 4.90 Å². The first-order valence-electron chi connectivity index (χ1n) is 5.89. The molecule has 1 aliphatic heterocycles. The van der Waals surface area contributed by atoms with Crippen LogP contribution in [0.25, 0.3) is 0 Å². The van der Waals surface area contributed by atoms with Crippen molar-refractivity contribution in [2.45, 2.75) is 31.7 Å². The van der Waals surface area contributed by atoms with Crippen molar-refractivity contribution < 1.29 is 9.53 Å². The minimum absolute atomic E-state index is 0.109. The van der Waals surface area contributed by atoms with Crippen molar-refractivity contribution in [2.75, 3.05) is 26.3 Å². The number of hydrogen-bond acceptors (Lipinski definition) is 3. The summed E-state index contributed by atoms with van der Waals surface area (Å²) in [5, 5.41) is 0. The van der Waals surface area contributed by atoms with Gasteiger partial charge in [-0.15, -0.1) is 0 Å². The molecule has 0 bridgehead atoms. The Morgan fingerprint density at radius 2 is 2.20 bits per heavy atom. The van der Waals surface area contributed by atoms with Gasteiger partial charge in [0.25, 0.3) is 0 Å². The summed E-state index contributed by atoms with van der Waals surface area (Å²) in [7, 11) is 0. The molecule has 0 aromatic carbocycles. The molecule has 1 unspecified atom stereocenters. The Morgan fingerprint density at radius 3 is 2.80 bits per heavy atom. The number of likely N-dealkylation sites (tertiary alicyclic amines) is 1. The van der Waals surface area contributed by atoms with E-state index in [2.05, 4.69) is 0 Å². The second-order valence-corrected chi connectivity index (χ2v) is 4.59. The fraction of sp³-hybridized carbons (Fsp3) is 0.909. The van der Waals surface area contributed by atoms with Crippen LogP contribution in [-0.2, 0) is 9.53 Å². The average molecular weight is 212 g/mol. The van der Waals surface area contributed by atoms with Gasteiger partial charge < -0.3 is 15.4 Å². The molecule has 4 heteroatoms. The molecule has 4 nitrogen and oxygen atoms in total. The van der Waals surface area contributed by atoms with E-state index in [-0.39, 0.29) is 11.9 Å². The number of rotatable bonds is 6. The first-order valence-corrected chi connectivity index (χ1v) is 5.89. The highest BCUT2D eigenvalue weighted by atomic mass is 16.5. The number of carbonyl (C=O) groups excluding carboxylic acids is 1. The zero-order chi connectivity index (χ0) is 10.7. The monoisotopic (exact) mass is 212 g/mol. The molecular formula is C11H20N2O2. The van der Waals surface area contributed by atoms with Crippen molar-refractivity contribution in [3.8, 4) is 0 Å². The van der Waals surface area contributed by atoms with Crippen LogP contribution in [0, 0.1) is 5.92 Å². The highest BCUT2D eigenvalue weighted by molar-refractivity contribution is 5.83. The number of carbonyl (C=O) groups is 1. The maximum Gasteiger partial charge on any atom is 0.239 e. The molecule has 1 amide bonds. The maximum absolute atomic E-state index is 11.4. The Morgan fingerprint density at radius 1 is 1.40 bits per heavy atom. The summed E-state index contributed by atoms with van der Waals surface area (Å²) in [6.45, 7) is 3.31. The van der Waals surface area contributed by atoms with Gasteiger partial charge >= 0.3 is 0 Å². The van der Waals surface area contributed by atoms with Gasteiger partial charge in [0.05, 0.1) is 6.04 Å². The highest BCUT2D eigenvalue weighted by Gasteiger charge is 2.27. The molecule has 0 spiro atoms. The maximum atomic E-state index is 11.4. The van der Waals surface area contributed by atoms with E-state index in [9.17, 15) is 4.79 Å². The van der Waals surface area contributed by atoms with Crippen LogP contribution >= 0.6 is 0 Å². The molecule has 1 saturated heterocycles. The van der Waals surface area contributed by atoms with E-state index in [0.29, 0.717) is 0 Å². The lowest BCUT2D eigenvalue weighted by Crippen LogP contribution is -2.34. The Labute approximate surface area is 90.8 Å². The molecule has 86 valence electrons. The van der Waals surface area contributed by atoms with Crippen LogP contribution in [0.4, 0.5) is 0 Å². The molecule has 1 heterocycles. The Kier molecular flexibility index (Phi) is 3.59. The van der Waals surface area contributed by atoms with Gasteiger partial charge in [-0.25, -0.2) is 0 Å². The molecule has 1 atom stereocenters. The lowest BCUT2D eigenvalue weighted by Gasteiger charge is -2.15. The van der Waals surface area contributed by atoms with Gasteiger partial charge in [0.2, 0.25) is 5.91 Å². The Hall–Kier alpha value is -0.610. The molecule has 2 aliphatic rings. The van der Waals surface area contributed by atoms with E-state index >= 15 is 0 Å². The minimum Gasteiger partial charge on any atom is -0.381 e. The third-order valence-electron chi connectivity index (χ3n) is 3.11. The number of nitrogens with two attached hydrogens (primary N) is 1. The standard InChI is InChI=1S/C11H20N2O2/c12-10-4-6-13(11(10)14)5-1-7-15-8-9-2-3-9/h9-10H,1-8,12H2. The highest BCUT2D eigenvalue weighted by Crippen LogP contribution is 2.28. The number of ether oxygens (including phenoxy) is 1. The van der Waals surface area contributed by atoms with E-state index < -0.39 is 0 Å². The zero-order valence-electron chi connectivity index (χ0n) is 9.15. The van der Waals surface area contributed by atoms with Gasteiger partial charge in [0.15, 0.2) is 0 Å². The van der Waals surface area contributed by atoms with Gasteiger partial charge in [-0.1, -0.05) is 0 Å². The second kappa shape index (κ2) is 4.94. The van der Waals surface area contributed by atoms with E-state index in [1.165, 1.54) is 12.8 Å². The largest absolute Gasteiger partial charge is 0.381 e. The SMILES string of the molecule is NC1CCN(CCCOCC2CC2)C1=O. The molecule has 0 aromatic heterocycles. The number of amides is 1. The van der Waals surface area contributed by atoms with Crippen molar-refractivity contribution in [1.29, 1.82) is 0 Å². The summed E-state index contributed by atoms with van der Waals surface area (Å²) >= 11 is 0. The molecule has 0 aromatic rings. The topological polar surface area (TPSA) is 55.6 Å². The lowest BCUT2D eigenvalue weighted by molar-refractivity contribution is -0.128. The summed E-state index contributed by atoms with van der Waals surface area (Å²) < 4.78 is 5.51. The summed E-state index contributed by atoms with van der Waals surface area (Å²) in [5.74, 6) is 0.934. The van der Waals surface area contributed by atoms with Crippen LogP contribution < -0.4 is 5.73 Å². The molecule has 1 aliphatic carbocycles. The quantitative estimate of drug-likeness (QED) is 0.647. The molecule has 1 saturated carbocycles. The number of hydrogen-bond donors (Lipinski definition) is 1. The average Bonchev–Trinajstić information content (AvgIpc) is 2.99. The van der Waals surface area contributed by atoms with Gasteiger partial charge in [0, 0.05) is 26.3 Å². The third kappa shape index (κ3) is 3.18. The fourth-order valence-electron chi connectivity index (χ4n) is 1.88. The summed E-state index contributed by atoms with van der Waals surface area (Å²) in [6, 6.07) is -0.252. The van der Waals surface area contributed by atoms with Crippen molar-refractivity contribution in [3.63, 3.8) is 0 Å². The first kappa shape index (κ1) is 10.9. The van der Waals surface area contributed by atoms with Crippen LogP contribution in [-0.4, -0.2) is 43.2 Å². The fourth-order valence-corrected chi connectivity index (χ4v) is 1.88. The number of nitrogens with zero attached hydrogens (tertiary/aromatic N) is 1.